The first-order chi connectivity index (χ1) is 8.67. The SMILES string of the molecule is CCCCN(CCO)C(=O)Nc1ccc(Cl)cc1. The van der Waals surface area contributed by atoms with Crippen molar-refractivity contribution in [1.82, 2.24) is 4.90 Å². The fourth-order valence-electron chi connectivity index (χ4n) is 1.52. The van der Waals surface area contributed by atoms with Crippen molar-refractivity contribution < 1.29 is 9.90 Å². The van der Waals surface area contributed by atoms with Gasteiger partial charge in [0.1, 0.15) is 0 Å². The molecule has 2 N–H and O–H groups in total. The van der Waals surface area contributed by atoms with Gasteiger partial charge in [-0.15, -0.1) is 0 Å². The predicted molar refractivity (Wildman–Crippen MR) is 74.0 cm³/mol. The summed E-state index contributed by atoms with van der Waals surface area (Å²) in [5.41, 5.74) is 0.698. The summed E-state index contributed by atoms with van der Waals surface area (Å²) in [7, 11) is 0. The Kier molecular flexibility index (Phi) is 6.54. The van der Waals surface area contributed by atoms with Crippen LogP contribution in [0, 0.1) is 0 Å². The van der Waals surface area contributed by atoms with Crippen LogP contribution in [0.2, 0.25) is 5.02 Å². The first-order valence-electron chi connectivity index (χ1n) is 6.09. The van der Waals surface area contributed by atoms with Crippen LogP contribution in [-0.4, -0.2) is 35.7 Å². The fraction of sp³-hybridized carbons (Fsp3) is 0.462. The quantitative estimate of drug-likeness (QED) is 0.835. The van der Waals surface area contributed by atoms with Crippen molar-refractivity contribution in [3.05, 3.63) is 29.3 Å². The number of carbonyl (C=O) groups excluding carboxylic acids is 1. The van der Waals surface area contributed by atoms with E-state index in [1.807, 2.05) is 0 Å². The lowest BCUT2D eigenvalue weighted by Crippen LogP contribution is -2.37. The predicted octanol–water partition coefficient (Wildman–Crippen LogP) is 2.97. The molecule has 18 heavy (non-hydrogen) atoms. The van der Waals surface area contributed by atoms with Gasteiger partial charge in [0.05, 0.1) is 6.61 Å². The van der Waals surface area contributed by atoms with Crippen molar-refractivity contribution >= 4 is 23.3 Å². The molecular weight excluding hydrogens is 252 g/mol. The summed E-state index contributed by atoms with van der Waals surface area (Å²) >= 11 is 5.77. The van der Waals surface area contributed by atoms with Gasteiger partial charge in [0, 0.05) is 23.8 Å². The van der Waals surface area contributed by atoms with E-state index < -0.39 is 0 Å². The highest BCUT2D eigenvalue weighted by molar-refractivity contribution is 6.30. The van der Waals surface area contributed by atoms with Gasteiger partial charge >= 0.3 is 6.03 Å². The minimum absolute atomic E-state index is 0.0300. The molecule has 0 fully saturated rings. The maximum Gasteiger partial charge on any atom is 0.321 e. The fourth-order valence-corrected chi connectivity index (χ4v) is 1.65. The van der Waals surface area contributed by atoms with Crippen LogP contribution in [0.15, 0.2) is 24.3 Å². The number of anilines is 1. The molecule has 0 aliphatic carbocycles. The Balaban J connectivity index is 2.57. The second-order valence-corrected chi connectivity index (χ2v) is 4.44. The molecule has 0 bridgehead atoms. The molecule has 0 aromatic heterocycles. The molecule has 0 unspecified atom stereocenters. The lowest BCUT2D eigenvalue weighted by Gasteiger charge is -2.22. The van der Waals surface area contributed by atoms with Gasteiger partial charge in [-0.1, -0.05) is 24.9 Å². The maximum absolute atomic E-state index is 12.0. The number of urea groups is 1. The highest BCUT2D eigenvalue weighted by Gasteiger charge is 2.12. The molecule has 0 aliphatic rings. The molecule has 0 saturated carbocycles. The molecule has 2 amide bonds. The van der Waals surface area contributed by atoms with E-state index in [9.17, 15) is 4.79 Å². The molecule has 0 radical (unpaired) electrons. The molecular formula is C13H19ClN2O2. The Morgan fingerprint density at radius 1 is 1.33 bits per heavy atom. The van der Waals surface area contributed by atoms with Crippen LogP contribution < -0.4 is 5.32 Å². The van der Waals surface area contributed by atoms with Crippen LogP contribution >= 0.6 is 11.6 Å². The summed E-state index contributed by atoms with van der Waals surface area (Å²) in [6.45, 7) is 3.03. The van der Waals surface area contributed by atoms with Gasteiger partial charge in [0.25, 0.3) is 0 Å². The van der Waals surface area contributed by atoms with Crippen LogP contribution in [0.5, 0.6) is 0 Å². The van der Waals surface area contributed by atoms with E-state index in [1.165, 1.54) is 0 Å². The van der Waals surface area contributed by atoms with Crippen molar-refractivity contribution in [3.63, 3.8) is 0 Å². The summed E-state index contributed by atoms with van der Waals surface area (Å²) < 4.78 is 0. The van der Waals surface area contributed by atoms with Gasteiger partial charge in [-0.2, -0.15) is 0 Å². The van der Waals surface area contributed by atoms with Crippen LogP contribution in [0.4, 0.5) is 10.5 Å². The summed E-state index contributed by atoms with van der Waals surface area (Å²) in [4.78, 5) is 13.6. The molecule has 0 spiro atoms. The first-order valence-corrected chi connectivity index (χ1v) is 6.47. The monoisotopic (exact) mass is 270 g/mol. The standard InChI is InChI=1S/C13H19ClN2O2/c1-2-3-8-16(9-10-17)13(18)15-12-6-4-11(14)5-7-12/h4-7,17H,2-3,8-10H2,1H3,(H,15,18). The lowest BCUT2D eigenvalue weighted by molar-refractivity contribution is 0.187. The second-order valence-electron chi connectivity index (χ2n) is 4.00. The molecule has 5 heteroatoms. The van der Waals surface area contributed by atoms with Crippen LogP contribution in [0.25, 0.3) is 0 Å². The number of benzene rings is 1. The Morgan fingerprint density at radius 3 is 2.56 bits per heavy atom. The molecule has 0 aliphatic heterocycles. The number of amides is 2. The van der Waals surface area contributed by atoms with Crippen LogP contribution in [0.3, 0.4) is 0 Å². The van der Waals surface area contributed by atoms with Gasteiger partial charge in [0.2, 0.25) is 0 Å². The second kappa shape index (κ2) is 7.95. The summed E-state index contributed by atoms with van der Waals surface area (Å²) in [6, 6.07) is 6.74. The third-order valence-corrected chi connectivity index (χ3v) is 2.79. The average molecular weight is 271 g/mol. The average Bonchev–Trinajstić information content (AvgIpc) is 2.37. The van der Waals surface area contributed by atoms with Gasteiger partial charge in [-0.25, -0.2) is 4.79 Å². The molecule has 1 rings (SSSR count). The number of carbonyl (C=O) groups is 1. The summed E-state index contributed by atoms with van der Waals surface area (Å²) in [5, 5.41) is 12.4. The third-order valence-electron chi connectivity index (χ3n) is 2.53. The number of aliphatic hydroxyl groups is 1. The van der Waals surface area contributed by atoms with Gasteiger partial charge in [0.15, 0.2) is 0 Å². The molecule has 4 nitrogen and oxygen atoms in total. The largest absolute Gasteiger partial charge is 0.395 e. The molecule has 0 atom stereocenters. The number of rotatable bonds is 6. The van der Waals surface area contributed by atoms with E-state index in [1.54, 1.807) is 29.2 Å². The van der Waals surface area contributed by atoms with E-state index in [-0.39, 0.29) is 12.6 Å². The molecule has 0 heterocycles. The summed E-state index contributed by atoms with van der Waals surface area (Å²) in [6.07, 6.45) is 1.93. The Morgan fingerprint density at radius 2 is 2.00 bits per heavy atom. The Labute approximate surface area is 113 Å². The smallest absolute Gasteiger partial charge is 0.321 e. The van der Waals surface area contributed by atoms with Crippen molar-refractivity contribution in [2.24, 2.45) is 0 Å². The lowest BCUT2D eigenvalue weighted by atomic mass is 10.3. The van der Waals surface area contributed by atoms with Gasteiger partial charge < -0.3 is 15.3 Å². The number of hydrogen-bond acceptors (Lipinski definition) is 2. The van der Waals surface area contributed by atoms with Crippen LogP contribution in [0.1, 0.15) is 19.8 Å². The maximum atomic E-state index is 12.0. The van der Waals surface area contributed by atoms with E-state index in [0.29, 0.717) is 23.8 Å². The topological polar surface area (TPSA) is 52.6 Å². The van der Waals surface area contributed by atoms with Crippen molar-refractivity contribution in [2.45, 2.75) is 19.8 Å². The van der Waals surface area contributed by atoms with Gasteiger partial charge in [-0.05, 0) is 30.7 Å². The minimum atomic E-state index is -0.195. The zero-order valence-corrected chi connectivity index (χ0v) is 11.3. The highest BCUT2D eigenvalue weighted by atomic mass is 35.5. The zero-order valence-electron chi connectivity index (χ0n) is 10.5. The number of nitrogens with zero attached hydrogens (tertiary/aromatic N) is 1. The molecule has 100 valence electrons. The van der Waals surface area contributed by atoms with Crippen molar-refractivity contribution in [2.75, 3.05) is 25.0 Å². The van der Waals surface area contributed by atoms with Crippen molar-refractivity contribution in [3.8, 4) is 0 Å². The molecule has 0 saturated heterocycles. The number of halogens is 1. The number of hydrogen-bond donors (Lipinski definition) is 2. The Bertz CT molecular complexity index is 368. The Hall–Kier alpha value is -1.26. The van der Waals surface area contributed by atoms with E-state index in [0.717, 1.165) is 12.8 Å². The van der Waals surface area contributed by atoms with E-state index in [2.05, 4.69) is 12.2 Å². The molecule has 1 aromatic rings. The van der Waals surface area contributed by atoms with E-state index >= 15 is 0 Å². The minimum Gasteiger partial charge on any atom is -0.395 e. The van der Waals surface area contributed by atoms with Crippen molar-refractivity contribution in [1.29, 1.82) is 0 Å². The normalized spacial score (nSPS) is 10.2. The number of unbranched alkanes of at least 4 members (excludes halogenated alkanes) is 1. The van der Waals surface area contributed by atoms with Gasteiger partial charge in [-0.3, -0.25) is 0 Å². The zero-order chi connectivity index (χ0) is 13.4. The molecule has 1 aromatic carbocycles. The first kappa shape index (κ1) is 14.8. The highest BCUT2D eigenvalue weighted by Crippen LogP contribution is 2.14. The van der Waals surface area contributed by atoms with E-state index in [4.69, 9.17) is 16.7 Å². The summed E-state index contributed by atoms with van der Waals surface area (Å²) in [5.74, 6) is 0. The third kappa shape index (κ3) is 4.94. The van der Waals surface area contributed by atoms with Crippen LogP contribution in [-0.2, 0) is 0 Å². The number of aliphatic hydroxyl groups excluding tert-OH is 1. The number of nitrogens with one attached hydrogen (secondary N) is 1.